The van der Waals surface area contributed by atoms with Gasteiger partial charge in [-0.1, -0.05) is 0 Å². The number of sulfonamides is 1. The van der Waals surface area contributed by atoms with Crippen molar-refractivity contribution in [2.45, 2.75) is 17.9 Å². The summed E-state index contributed by atoms with van der Waals surface area (Å²) in [6, 6.07) is 2.27. The van der Waals surface area contributed by atoms with Gasteiger partial charge in [-0.05, 0) is 13.0 Å². The Balaban J connectivity index is 1.96. The van der Waals surface area contributed by atoms with Crippen LogP contribution in [-0.4, -0.2) is 57.2 Å². The summed E-state index contributed by atoms with van der Waals surface area (Å²) in [6.45, 7) is 5.43. The molecule has 1 aliphatic rings. The second-order valence-corrected chi connectivity index (χ2v) is 6.54. The van der Waals surface area contributed by atoms with E-state index in [0.29, 0.717) is 19.8 Å². The monoisotopic (exact) mass is 301 g/mol. The van der Waals surface area contributed by atoms with Gasteiger partial charge in [0.05, 0.1) is 18.1 Å². The van der Waals surface area contributed by atoms with Gasteiger partial charge in [0.2, 0.25) is 15.6 Å². The molecule has 0 bridgehead atoms. The number of nitrogens with one attached hydrogen (secondary N) is 2. The van der Waals surface area contributed by atoms with Crippen LogP contribution in [0.25, 0.3) is 0 Å². The van der Waals surface area contributed by atoms with E-state index in [9.17, 15) is 13.2 Å². The zero-order chi connectivity index (χ0) is 14.6. The van der Waals surface area contributed by atoms with Gasteiger partial charge in [0, 0.05) is 37.9 Å². The highest BCUT2D eigenvalue weighted by Crippen LogP contribution is 2.06. The summed E-state index contributed by atoms with van der Waals surface area (Å²) in [5.74, 6) is 0. The maximum atomic E-state index is 12.1. The summed E-state index contributed by atoms with van der Waals surface area (Å²) < 4.78 is 32.1. The quantitative estimate of drug-likeness (QED) is 0.756. The van der Waals surface area contributed by atoms with Crippen molar-refractivity contribution in [2.75, 3.05) is 32.8 Å². The molecule has 7 nitrogen and oxygen atoms in total. The van der Waals surface area contributed by atoms with E-state index in [1.807, 2.05) is 6.92 Å². The lowest BCUT2D eigenvalue weighted by atomic mass is 10.3. The van der Waals surface area contributed by atoms with Gasteiger partial charge in [-0.25, -0.2) is 13.1 Å². The van der Waals surface area contributed by atoms with Gasteiger partial charge in [0.15, 0.2) is 0 Å². The Morgan fingerprint density at radius 3 is 2.70 bits per heavy atom. The summed E-state index contributed by atoms with van der Waals surface area (Å²) in [6.07, 6.45) is 1.20. The highest BCUT2D eigenvalue weighted by molar-refractivity contribution is 7.89. The van der Waals surface area contributed by atoms with E-state index in [0.717, 1.165) is 13.1 Å². The topological polar surface area (TPSA) is 91.5 Å². The highest BCUT2D eigenvalue weighted by atomic mass is 32.2. The Morgan fingerprint density at radius 1 is 1.40 bits per heavy atom. The average molecular weight is 301 g/mol. The van der Waals surface area contributed by atoms with E-state index < -0.39 is 10.0 Å². The fourth-order valence-electron chi connectivity index (χ4n) is 2.10. The van der Waals surface area contributed by atoms with Gasteiger partial charge in [-0.2, -0.15) is 0 Å². The average Bonchev–Trinajstić information content (AvgIpc) is 2.39. The fraction of sp³-hybridized carbons (Fsp3) is 0.583. The van der Waals surface area contributed by atoms with Gasteiger partial charge in [0.25, 0.3) is 0 Å². The molecule has 1 aromatic rings. The summed E-state index contributed by atoms with van der Waals surface area (Å²) in [4.78, 5) is 15.5. The fourth-order valence-corrected chi connectivity index (χ4v) is 3.31. The molecule has 2 rings (SSSR count). The smallest absolute Gasteiger partial charge is 0.247 e. The minimum absolute atomic E-state index is 0.0610. The largest absolute Gasteiger partial charge is 0.379 e. The Morgan fingerprint density at radius 2 is 2.10 bits per heavy atom. The molecule has 1 aliphatic heterocycles. The predicted molar refractivity (Wildman–Crippen MR) is 74.1 cm³/mol. The van der Waals surface area contributed by atoms with E-state index in [2.05, 4.69) is 14.6 Å². The molecule has 112 valence electrons. The Kier molecular flexibility index (Phi) is 4.92. The molecule has 1 atom stereocenters. The minimum atomic E-state index is -3.61. The number of hydrogen-bond donors (Lipinski definition) is 2. The number of rotatable bonds is 5. The number of ether oxygens (including phenoxy) is 1. The number of aromatic amines is 1. The Labute approximate surface area is 118 Å². The van der Waals surface area contributed by atoms with Crippen molar-refractivity contribution in [3.63, 3.8) is 0 Å². The minimum Gasteiger partial charge on any atom is -0.379 e. The number of nitrogens with zero attached hydrogens (tertiary/aromatic N) is 1. The number of aromatic nitrogens is 1. The molecular weight excluding hydrogens is 282 g/mol. The first-order valence-corrected chi connectivity index (χ1v) is 7.97. The third-order valence-corrected chi connectivity index (χ3v) is 4.65. The van der Waals surface area contributed by atoms with E-state index in [1.165, 1.54) is 18.3 Å². The third-order valence-electron chi connectivity index (χ3n) is 3.06. The van der Waals surface area contributed by atoms with Crippen LogP contribution in [0.4, 0.5) is 0 Å². The molecular formula is C12H19N3O4S. The van der Waals surface area contributed by atoms with Crippen LogP contribution in [0.1, 0.15) is 6.92 Å². The molecule has 0 radical (unpaired) electrons. The van der Waals surface area contributed by atoms with Crippen molar-refractivity contribution in [2.24, 2.45) is 0 Å². The van der Waals surface area contributed by atoms with Crippen LogP contribution in [0.5, 0.6) is 0 Å². The van der Waals surface area contributed by atoms with Gasteiger partial charge >= 0.3 is 0 Å². The van der Waals surface area contributed by atoms with E-state index in [1.54, 1.807) is 0 Å². The molecule has 20 heavy (non-hydrogen) atoms. The van der Waals surface area contributed by atoms with Crippen molar-refractivity contribution in [3.8, 4) is 0 Å². The third kappa shape index (κ3) is 4.14. The molecule has 0 aliphatic carbocycles. The molecule has 0 aromatic carbocycles. The molecule has 2 N–H and O–H groups in total. The first-order chi connectivity index (χ1) is 9.47. The molecule has 1 unspecified atom stereocenters. The first kappa shape index (κ1) is 15.2. The van der Waals surface area contributed by atoms with Crippen LogP contribution in [0.15, 0.2) is 28.0 Å². The van der Waals surface area contributed by atoms with Crippen molar-refractivity contribution in [3.05, 3.63) is 28.7 Å². The van der Waals surface area contributed by atoms with Crippen LogP contribution in [0, 0.1) is 0 Å². The second-order valence-electron chi connectivity index (χ2n) is 4.82. The van der Waals surface area contributed by atoms with E-state index >= 15 is 0 Å². The number of H-pyrrole nitrogens is 1. The molecule has 1 fully saturated rings. The molecule has 8 heteroatoms. The SMILES string of the molecule is CC(CN1CCOCC1)NS(=O)(=O)c1ccc(=O)[nH]c1. The maximum absolute atomic E-state index is 12.1. The number of pyridine rings is 1. The zero-order valence-electron chi connectivity index (χ0n) is 11.3. The lowest BCUT2D eigenvalue weighted by molar-refractivity contribution is 0.0354. The van der Waals surface area contributed by atoms with Crippen molar-refractivity contribution >= 4 is 10.0 Å². The molecule has 0 amide bonds. The molecule has 0 saturated carbocycles. The lowest BCUT2D eigenvalue weighted by Gasteiger charge is -2.29. The first-order valence-electron chi connectivity index (χ1n) is 6.48. The van der Waals surface area contributed by atoms with Crippen LogP contribution in [0.3, 0.4) is 0 Å². The van der Waals surface area contributed by atoms with Gasteiger partial charge < -0.3 is 9.72 Å². The van der Waals surface area contributed by atoms with E-state index in [-0.39, 0.29) is 16.5 Å². The van der Waals surface area contributed by atoms with Crippen LogP contribution in [-0.2, 0) is 14.8 Å². The number of morpholine rings is 1. The Bertz CT molecular complexity index is 572. The second kappa shape index (κ2) is 6.49. The Hall–Kier alpha value is -1.22. The maximum Gasteiger partial charge on any atom is 0.247 e. The van der Waals surface area contributed by atoms with Gasteiger partial charge in [-0.15, -0.1) is 0 Å². The van der Waals surface area contributed by atoms with Crippen molar-refractivity contribution in [1.82, 2.24) is 14.6 Å². The summed E-state index contributed by atoms with van der Waals surface area (Å²) in [5, 5.41) is 0. The summed E-state index contributed by atoms with van der Waals surface area (Å²) >= 11 is 0. The molecule has 1 saturated heterocycles. The molecule has 1 aromatic heterocycles. The van der Waals surface area contributed by atoms with Gasteiger partial charge in [0.1, 0.15) is 0 Å². The summed E-state index contributed by atoms with van der Waals surface area (Å²) in [7, 11) is -3.61. The normalized spacial score (nSPS) is 18.9. The molecule has 0 spiro atoms. The van der Waals surface area contributed by atoms with Crippen LogP contribution >= 0.6 is 0 Å². The van der Waals surface area contributed by atoms with Crippen LogP contribution in [0.2, 0.25) is 0 Å². The van der Waals surface area contributed by atoms with Crippen LogP contribution < -0.4 is 10.3 Å². The number of hydrogen-bond acceptors (Lipinski definition) is 5. The summed E-state index contributed by atoms with van der Waals surface area (Å²) in [5.41, 5.74) is -0.328. The zero-order valence-corrected chi connectivity index (χ0v) is 12.1. The van der Waals surface area contributed by atoms with Crippen molar-refractivity contribution < 1.29 is 13.2 Å². The predicted octanol–water partition coefficient (Wildman–Crippen LogP) is -0.626. The standard InChI is InChI=1S/C12H19N3O4S/c1-10(9-15-4-6-19-7-5-15)14-20(17,18)11-2-3-12(16)13-8-11/h2-3,8,10,14H,4-7,9H2,1H3,(H,13,16). The van der Waals surface area contributed by atoms with Gasteiger partial charge in [-0.3, -0.25) is 9.69 Å². The molecule has 2 heterocycles. The van der Waals surface area contributed by atoms with E-state index in [4.69, 9.17) is 4.74 Å². The van der Waals surface area contributed by atoms with Crippen molar-refractivity contribution in [1.29, 1.82) is 0 Å². The highest BCUT2D eigenvalue weighted by Gasteiger charge is 2.20. The lowest BCUT2D eigenvalue weighted by Crippen LogP contribution is -2.45.